The molecule has 0 bridgehead atoms. The predicted molar refractivity (Wildman–Crippen MR) is 167 cm³/mol. The molecular formula is C36H26N4O2. The SMILES string of the molecule is Cc1cc(-c2cccnc2)c(O)c(-c2ccc3ccc4ccc(-c5cc(C)cc(-c6cccnc6)c5O)nc4c3n2)c1. The quantitative estimate of drug-likeness (QED) is 0.216. The molecule has 0 atom stereocenters. The number of aryl methyl sites for hydroxylation is 2. The molecule has 0 fully saturated rings. The standard InChI is InChI=1S/C36H26N4O2/c1-21-15-27(25-5-3-13-37-19-25)35(41)29(17-21)31-11-9-23-7-8-24-10-12-32(40-34(24)33(23)39-31)30-18-22(2)16-28(36(30)42)26-6-4-14-38-20-26/h3-20,41-42H,1-2H3. The summed E-state index contributed by atoms with van der Waals surface area (Å²) in [6, 6.07) is 27.3. The van der Waals surface area contributed by atoms with Crippen LogP contribution in [-0.2, 0) is 0 Å². The molecule has 0 saturated carbocycles. The Morgan fingerprint density at radius 1 is 0.500 bits per heavy atom. The van der Waals surface area contributed by atoms with Gasteiger partial charge in [-0.1, -0.05) is 36.4 Å². The molecule has 6 nitrogen and oxygen atoms in total. The first kappa shape index (κ1) is 25.4. The van der Waals surface area contributed by atoms with Crippen LogP contribution in [-0.4, -0.2) is 30.1 Å². The lowest BCUT2D eigenvalue weighted by molar-refractivity contribution is 0.478. The summed E-state index contributed by atoms with van der Waals surface area (Å²) in [7, 11) is 0. The molecule has 0 amide bonds. The van der Waals surface area contributed by atoms with Crippen molar-refractivity contribution in [2.24, 2.45) is 0 Å². The number of rotatable bonds is 4. The number of phenolic OH excluding ortho intramolecular Hbond substituents is 2. The van der Waals surface area contributed by atoms with Gasteiger partial charge in [-0.25, -0.2) is 9.97 Å². The van der Waals surface area contributed by atoms with E-state index in [1.54, 1.807) is 24.8 Å². The van der Waals surface area contributed by atoms with Crippen LogP contribution in [0.3, 0.4) is 0 Å². The van der Waals surface area contributed by atoms with E-state index in [1.807, 2.05) is 98.8 Å². The molecule has 0 unspecified atom stereocenters. The zero-order valence-corrected chi connectivity index (χ0v) is 23.1. The van der Waals surface area contributed by atoms with Crippen LogP contribution in [0.25, 0.3) is 66.6 Å². The number of phenols is 2. The minimum absolute atomic E-state index is 0.155. The van der Waals surface area contributed by atoms with E-state index >= 15 is 0 Å². The molecule has 7 rings (SSSR count). The summed E-state index contributed by atoms with van der Waals surface area (Å²) in [5.74, 6) is 0.309. The minimum Gasteiger partial charge on any atom is -0.507 e. The molecule has 202 valence electrons. The lowest BCUT2D eigenvalue weighted by atomic mass is 9.97. The summed E-state index contributed by atoms with van der Waals surface area (Å²) in [6.07, 6.45) is 6.91. The summed E-state index contributed by atoms with van der Waals surface area (Å²) in [5, 5.41) is 24.6. The van der Waals surface area contributed by atoms with Gasteiger partial charge in [-0.2, -0.15) is 0 Å². The lowest BCUT2D eigenvalue weighted by Gasteiger charge is -2.14. The molecule has 0 aliphatic carbocycles. The highest BCUT2D eigenvalue weighted by atomic mass is 16.3. The van der Waals surface area contributed by atoms with E-state index < -0.39 is 0 Å². The van der Waals surface area contributed by atoms with E-state index in [9.17, 15) is 10.2 Å². The Morgan fingerprint density at radius 3 is 1.31 bits per heavy atom. The highest BCUT2D eigenvalue weighted by Crippen LogP contribution is 2.41. The van der Waals surface area contributed by atoms with Crippen LogP contribution in [0.4, 0.5) is 0 Å². The fraction of sp³-hybridized carbons (Fsp3) is 0.0556. The normalized spacial score (nSPS) is 11.3. The number of nitrogens with zero attached hydrogens (tertiary/aromatic N) is 4. The van der Waals surface area contributed by atoms with Crippen LogP contribution in [0, 0.1) is 13.8 Å². The number of aromatic nitrogens is 4. The van der Waals surface area contributed by atoms with Crippen LogP contribution in [0.15, 0.2) is 110 Å². The summed E-state index contributed by atoms with van der Waals surface area (Å²) in [5.41, 5.74) is 9.09. The number of pyridine rings is 4. The smallest absolute Gasteiger partial charge is 0.132 e. The Bertz CT molecular complexity index is 1970. The molecule has 4 aromatic heterocycles. The maximum atomic E-state index is 11.4. The van der Waals surface area contributed by atoms with Crippen molar-refractivity contribution in [3.8, 4) is 56.3 Å². The average molecular weight is 547 g/mol. The van der Waals surface area contributed by atoms with Crippen molar-refractivity contribution < 1.29 is 10.2 Å². The summed E-state index contributed by atoms with van der Waals surface area (Å²) in [4.78, 5) is 18.5. The third kappa shape index (κ3) is 4.39. The van der Waals surface area contributed by atoms with E-state index in [0.717, 1.165) is 44.1 Å². The van der Waals surface area contributed by atoms with Crippen LogP contribution < -0.4 is 0 Å². The summed E-state index contributed by atoms with van der Waals surface area (Å²) < 4.78 is 0. The van der Waals surface area contributed by atoms with E-state index in [0.29, 0.717) is 33.6 Å². The first-order valence-electron chi connectivity index (χ1n) is 13.7. The van der Waals surface area contributed by atoms with Gasteiger partial charge in [0.1, 0.15) is 11.5 Å². The Balaban J connectivity index is 1.41. The van der Waals surface area contributed by atoms with Crippen molar-refractivity contribution in [3.63, 3.8) is 0 Å². The second-order valence-corrected chi connectivity index (χ2v) is 10.5. The van der Waals surface area contributed by atoms with E-state index in [2.05, 4.69) is 9.97 Å². The third-order valence-electron chi connectivity index (χ3n) is 7.53. The van der Waals surface area contributed by atoms with Crippen molar-refractivity contribution in [3.05, 3.63) is 121 Å². The first-order valence-corrected chi connectivity index (χ1v) is 13.7. The molecule has 0 aliphatic rings. The zero-order chi connectivity index (χ0) is 28.8. The molecule has 42 heavy (non-hydrogen) atoms. The van der Waals surface area contributed by atoms with Gasteiger partial charge in [0.2, 0.25) is 0 Å². The molecular weight excluding hydrogens is 520 g/mol. The second kappa shape index (κ2) is 10.1. The lowest BCUT2D eigenvalue weighted by Crippen LogP contribution is -1.94. The van der Waals surface area contributed by atoms with Gasteiger partial charge in [0, 0.05) is 68.9 Å². The maximum absolute atomic E-state index is 11.4. The molecule has 4 heterocycles. The monoisotopic (exact) mass is 546 g/mol. The second-order valence-electron chi connectivity index (χ2n) is 10.5. The van der Waals surface area contributed by atoms with Gasteiger partial charge in [0.15, 0.2) is 0 Å². The van der Waals surface area contributed by atoms with Crippen LogP contribution in [0.2, 0.25) is 0 Å². The molecule has 0 saturated heterocycles. The van der Waals surface area contributed by atoms with Crippen molar-refractivity contribution in [2.75, 3.05) is 0 Å². The number of benzene rings is 3. The van der Waals surface area contributed by atoms with Crippen molar-refractivity contribution in [1.29, 1.82) is 0 Å². The highest BCUT2D eigenvalue weighted by molar-refractivity contribution is 6.04. The molecule has 7 aromatic rings. The number of hydrogen-bond acceptors (Lipinski definition) is 6. The fourth-order valence-corrected chi connectivity index (χ4v) is 5.50. The molecule has 0 aliphatic heterocycles. The average Bonchev–Trinajstić information content (AvgIpc) is 3.03. The van der Waals surface area contributed by atoms with Gasteiger partial charge in [-0.05, 0) is 73.5 Å². The van der Waals surface area contributed by atoms with Gasteiger partial charge in [0.05, 0.1) is 22.4 Å². The molecule has 0 spiro atoms. The van der Waals surface area contributed by atoms with Gasteiger partial charge in [-0.3, -0.25) is 9.97 Å². The topological polar surface area (TPSA) is 92.0 Å². The van der Waals surface area contributed by atoms with Crippen molar-refractivity contribution in [1.82, 2.24) is 19.9 Å². The van der Waals surface area contributed by atoms with Crippen molar-refractivity contribution in [2.45, 2.75) is 13.8 Å². The first-order chi connectivity index (χ1) is 20.5. The van der Waals surface area contributed by atoms with Crippen LogP contribution in [0.1, 0.15) is 11.1 Å². The Morgan fingerprint density at radius 2 is 0.905 bits per heavy atom. The maximum Gasteiger partial charge on any atom is 0.132 e. The van der Waals surface area contributed by atoms with Crippen LogP contribution in [0.5, 0.6) is 11.5 Å². The number of fused-ring (bicyclic) bond motifs is 3. The summed E-state index contributed by atoms with van der Waals surface area (Å²) >= 11 is 0. The predicted octanol–water partition coefficient (Wildman–Crippen LogP) is 8.27. The van der Waals surface area contributed by atoms with Crippen molar-refractivity contribution >= 4 is 21.8 Å². The fourth-order valence-electron chi connectivity index (χ4n) is 5.50. The molecule has 3 aromatic carbocycles. The van der Waals surface area contributed by atoms with Gasteiger partial charge >= 0.3 is 0 Å². The third-order valence-corrected chi connectivity index (χ3v) is 7.53. The Kier molecular flexibility index (Phi) is 6.09. The zero-order valence-electron chi connectivity index (χ0n) is 23.1. The van der Waals surface area contributed by atoms with Gasteiger partial charge < -0.3 is 10.2 Å². The van der Waals surface area contributed by atoms with E-state index in [4.69, 9.17) is 9.97 Å². The number of hydrogen-bond donors (Lipinski definition) is 2. The molecule has 2 N–H and O–H groups in total. The highest BCUT2D eigenvalue weighted by Gasteiger charge is 2.17. The van der Waals surface area contributed by atoms with Gasteiger partial charge in [0.25, 0.3) is 0 Å². The molecule has 0 radical (unpaired) electrons. The summed E-state index contributed by atoms with van der Waals surface area (Å²) in [6.45, 7) is 4.00. The largest absolute Gasteiger partial charge is 0.507 e. The van der Waals surface area contributed by atoms with Gasteiger partial charge in [-0.15, -0.1) is 0 Å². The van der Waals surface area contributed by atoms with E-state index in [-0.39, 0.29) is 11.5 Å². The number of aromatic hydroxyl groups is 2. The minimum atomic E-state index is 0.155. The van der Waals surface area contributed by atoms with Crippen LogP contribution >= 0.6 is 0 Å². The Labute approximate surface area is 242 Å². The molecule has 6 heteroatoms. The Hall–Kier alpha value is -5.62. The van der Waals surface area contributed by atoms with E-state index in [1.165, 1.54) is 0 Å².